The van der Waals surface area contributed by atoms with Gasteiger partial charge in [0.2, 0.25) is 0 Å². The topological polar surface area (TPSA) is 43.4 Å². The number of aryl methyl sites for hydroxylation is 1. The molecule has 17 heavy (non-hydrogen) atoms. The van der Waals surface area contributed by atoms with Gasteiger partial charge in [0.1, 0.15) is 0 Å². The van der Waals surface area contributed by atoms with E-state index in [4.69, 9.17) is 4.18 Å². The Morgan fingerprint density at radius 2 is 2.06 bits per heavy atom. The molecule has 1 aromatic rings. The third-order valence-corrected chi connectivity index (χ3v) is 4.31. The van der Waals surface area contributed by atoms with E-state index in [2.05, 4.69) is 0 Å². The average Bonchev–Trinajstić information content (AvgIpc) is 3.11. The zero-order chi connectivity index (χ0) is 12.5. The predicted octanol–water partition coefficient (Wildman–Crippen LogP) is 2.99. The molecule has 0 aromatic heterocycles. The standard InChI is InChI=1S/C13H18O3S/c1-3-8-16-17(14,15)12-7-4-10(2)13(9-12)11-5-6-11/h4,7,9,11H,3,5-6,8H2,1-2H3. The summed E-state index contributed by atoms with van der Waals surface area (Å²) in [7, 11) is -3.57. The molecule has 0 heterocycles. The van der Waals surface area contributed by atoms with Gasteiger partial charge in [0, 0.05) is 0 Å². The highest BCUT2D eigenvalue weighted by atomic mass is 32.2. The van der Waals surface area contributed by atoms with E-state index in [-0.39, 0.29) is 6.61 Å². The summed E-state index contributed by atoms with van der Waals surface area (Å²) >= 11 is 0. The highest BCUT2D eigenvalue weighted by Crippen LogP contribution is 2.42. The number of rotatable bonds is 5. The lowest BCUT2D eigenvalue weighted by molar-refractivity contribution is 0.318. The van der Waals surface area contributed by atoms with Crippen LogP contribution >= 0.6 is 0 Å². The van der Waals surface area contributed by atoms with Crippen LogP contribution in [0.1, 0.15) is 43.2 Å². The van der Waals surface area contributed by atoms with Crippen molar-refractivity contribution in [2.45, 2.75) is 43.9 Å². The normalized spacial score (nSPS) is 16.1. The Hall–Kier alpha value is -0.870. The van der Waals surface area contributed by atoms with Gasteiger partial charge in [-0.05, 0) is 55.4 Å². The van der Waals surface area contributed by atoms with Gasteiger partial charge in [-0.25, -0.2) is 0 Å². The molecule has 1 saturated carbocycles. The van der Waals surface area contributed by atoms with Crippen LogP contribution in [0.3, 0.4) is 0 Å². The summed E-state index contributed by atoms with van der Waals surface area (Å²) in [5, 5.41) is 0. The minimum Gasteiger partial charge on any atom is -0.266 e. The molecule has 0 amide bonds. The highest BCUT2D eigenvalue weighted by molar-refractivity contribution is 7.86. The van der Waals surface area contributed by atoms with Gasteiger partial charge in [-0.15, -0.1) is 0 Å². The van der Waals surface area contributed by atoms with Crippen LogP contribution in [-0.4, -0.2) is 15.0 Å². The van der Waals surface area contributed by atoms with Crippen molar-refractivity contribution in [3.05, 3.63) is 29.3 Å². The molecule has 3 nitrogen and oxygen atoms in total. The lowest BCUT2D eigenvalue weighted by Gasteiger charge is -2.08. The Balaban J connectivity index is 2.29. The second kappa shape index (κ2) is 4.78. The second-order valence-electron chi connectivity index (χ2n) is 4.57. The van der Waals surface area contributed by atoms with Crippen molar-refractivity contribution in [1.82, 2.24) is 0 Å². The van der Waals surface area contributed by atoms with E-state index >= 15 is 0 Å². The molecule has 1 aliphatic carbocycles. The van der Waals surface area contributed by atoms with Crippen molar-refractivity contribution in [3.63, 3.8) is 0 Å². The lowest BCUT2D eigenvalue weighted by Crippen LogP contribution is -2.07. The largest absolute Gasteiger partial charge is 0.296 e. The molecule has 0 atom stereocenters. The van der Waals surface area contributed by atoms with Crippen LogP contribution in [0.15, 0.2) is 23.1 Å². The predicted molar refractivity (Wildman–Crippen MR) is 66.6 cm³/mol. The summed E-state index contributed by atoms with van der Waals surface area (Å²) in [4.78, 5) is 0.290. The molecule has 0 spiro atoms. The lowest BCUT2D eigenvalue weighted by atomic mass is 10.1. The van der Waals surface area contributed by atoms with Crippen LogP contribution in [-0.2, 0) is 14.3 Å². The van der Waals surface area contributed by atoms with Crippen LogP contribution in [0, 0.1) is 6.92 Å². The van der Waals surface area contributed by atoms with E-state index in [9.17, 15) is 8.42 Å². The summed E-state index contributed by atoms with van der Waals surface area (Å²) in [6.45, 7) is 4.16. The molecule has 0 bridgehead atoms. The van der Waals surface area contributed by atoms with Gasteiger partial charge in [-0.3, -0.25) is 4.18 Å². The minimum atomic E-state index is -3.57. The first kappa shape index (κ1) is 12.6. The van der Waals surface area contributed by atoms with Crippen molar-refractivity contribution in [2.75, 3.05) is 6.61 Å². The SMILES string of the molecule is CCCOS(=O)(=O)c1ccc(C)c(C2CC2)c1. The second-order valence-corrected chi connectivity index (χ2v) is 6.18. The molecule has 0 unspecified atom stereocenters. The third-order valence-electron chi connectivity index (χ3n) is 3.00. The monoisotopic (exact) mass is 254 g/mol. The fourth-order valence-electron chi connectivity index (χ4n) is 1.87. The van der Waals surface area contributed by atoms with Gasteiger partial charge < -0.3 is 0 Å². The van der Waals surface area contributed by atoms with Crippen LogP contribution in [0.25, 0.3) is 0 Å². The van der Waals surface area contributed by atoms with Gasteiger partial charge in [0.15, 0.2) is 0 Å². The maximum atomic E-state index is 11.9. The molecule has 1 fully saturated rings. The molecule has 1 aromatic carbocycles. The number of benzene rings is 1. The van der Waals surface area contributed by atoms with Crippen molar-refractivity contribution in [2.24, 2.45) is 0 Å². The van der Waals surface area contributed by atoms with E-state index in [0.29, 0.717) is 17.2 Å². The average molecular weight is 254 g/mol. The van der Waals surface area contributed by atoms with Gasteiger partial charge in [-0.1, -0.05) is 13.0 Å². The molecule has 0 N–H and O–H groups in total. The fraction of sp³-hybridized carbons (Fsp3) is 0.538. The van der Waals surface area contributed by atoms with Crippen molar-refractivity contribution in [1.29, 1.82) is 0 Å². The first-order valence-electron chi connectivity index (χ1n) is 6.04. The smallest absolute Gasteiger partial charge is 0.266 e. The molecular formula is C13H18O3S. The van der Waals surface area contributed by atoms with Gasteiger partial charge in [-0.2, -0.15) is 8.42 Å². The zero-order valence-corrected chi connectivity index (χ0v) is 11.1. The zero-order valence-electron chi connectivity index (χ0n) is 10.3. The summed E-state index contributed by atoms with van der Waals surface area (Å²) < 4.78 is 28.7. The fourth-order valence-corrected chi connectivity index (χ4v) is 2.90. The van der Waals surface area contributed by atoms with Crippen LogP contribution in [0.4, 0.5) is 0 Å². The van der Waals surface area contributed by atoms with E-state index in [1.807, 2.05) is 19.9 Å². The summed E-state index contributed by atoms with van der Waals surface area (Å²) in [6.07, 6.45) is 3.03. The Morgan fingerprint density at radius 1 is 1.35 bits per heavy atom. The van der Waals surface area contributed by atoms with Gasteiger partial charge in [0.05, 0.1) is 11.5 Å². The van der Waals surface area contributed by atoms with E-state index in [1.54, 1.807) is 12.1 Å². The van der Waals surface area contributed by atoms with Gasteiger partial charge in [0.25, 0.3) is 10.1 Å². The first-order valence-corrected chi connectivity index (χ1v) is 7.45. The van der Waals surface area contributed by atoms with Crippen LogP contribution < -0.4 is 0 Å². The van der Waals surface area contributed by atoms with Crippen LogP contribution in [0.2, 0.25) is 0 Å². The quantitative estimate of drug-likeness (QED) is 0.759. The maximum Gasteiger partial charge on any atom is 0.296 e. The molecule has 0 radical (unpaired) electrons. The molecule has 94 valence electrons. The van der Waals surface area contributed by atoms with E-state index in [1.165, 1.54) is 18.4 Å². The van der Waals surface area contributed by atoms with Crippen molar-refractivity contribution < 1.29 is 12.6 Å². The van der Waals surface area contributed by atoms with Crippen molar-refractivity contribution >= 4 is 10.1 Å². The van der Waals surface area contributed by atoms with Crippen molar-refractivity contribution in [3.8, 4) is 0 Å². The van der Waals surface area contributed by atoms with Gasteiger partial charge >= 0.3 is 0 Å². The van der Waals surface area contributed by atoms with Crippen LogP contribution in [0.5, 0.6) is 0 Å². The minimum absolute atomic E-state index is 0.245. The van der Waals surface area contributed by atoms with E-state index in [0.717, 1.165) is 5.56 Å². The summed E-state index contributed by atoms with van der Waals surface area (Å²) in [6, 6.07) is 5.28. The number of hydrogen-bond acceptors (Lipinski definition) is 3. The maximum absolute atomic E-state index is 11.9. The number of hydrogen-bond donors (Lipinski definition) is 0. The summed E-state index contributed by atoms with van der Waals surface area (Å²) in [5.41, 5.74) is 2.33. The van der Waals surface area contributed by atoms with E-state index < -0.39 is 10.1 Å². The molecule has 2 rings (SSSR count). The molecule has 4 heteroatoms. The molecule has 0 saturated heterocycles. The molecular weight excluding hydrogens is 236 g/mol. The Kier molecular flexibility index (Phi) is 3.54. The third kappa shape index (κ3) is 2.87. The Bertz CT molecular complexity index is 501. The Labute approximate surface area is 103 Å². The molecule has 1 aliphatic rings. The summed E-state index contributed by atoms with van der Waals surface area (Å²) in [5.74, 6) is 0.552. The Morgan fingerprint density at radius 3 is 2.65 bits per heavy atom. The highest BCUT2D eigenvalue weighted by Gasteiger charge is 2.27. The first-order chi connectivity index (χ1) is 8.04. The molecule has 0 aliphatic heterocycles.